The van der Waals surface area contributed by atoms with Crippen LogP contribution in [0.1, 0.15) is 10.7 Å². The van der Waals surface area contributed by atoms with Crippen molar-refractivity contribution in [1.29, 1.82) is 0 Å². The van der Waals surface area contributed by atoms with Crippen LogP contribution in [-0.4, -0.2) is 29.8 Å². The number of carbonyl (C=O) groups is 1. The van der Waals surface area contributed by atoms with Crippen LogP contribution in [0.3, 0.4) is 0 Å². The number of carbonyl (C=O) groups excluding carboxylic acids is 1. The minimum absolute atomic E-state index is 0.119. The lowest BCUT2D eigenvalue weighted by Gasteiger charge is -2.01. The summed E-state index contributed by atoms with van der Waals surface area (Å²) in [6, 6.07) is 0. The summed E-state index contributed by atoms with van der Waals surface area (Å²) < 4.78 is 4.80. The first-order chi connectivity index (χ1) is 5.70. The van der Waals surface area contributed by atoms with Crippen molar-refractivity contribution in [1.82, 2.24) is 9.88 Å². The lowest BCUT2D eigenvalue weighted by molar-refractivity contribution is 0.101. The predicted octanol–water partition coefficient (Wildman–Crippen LogP) is 0.933. The zero-order valence-corrected chi connectivity index (χ0v) is 7.02. The van der Waals surface area contributed by atoms with Crippen molar-refractivity contribution < 1.29 is 9.21 Å². The van der Waals surface area contributed by atoms with Gasteiger partial charge < -0.3 is 9.32 Å². The monoisotopic (exact) mass is 166 g/mol. The molecule has 1 aromatic heterocycles. The SMILES string of the molecule is CN(C)C=CC(=O)c1ncco1. The van der Waals surface area contributed by atoms with Gasteiger partial charge in [0.1, 0.15) is 6.26 Å². The van der Waals surface area contributed by atoms with Crippen molar-refractivity contribution in [2.45, 2.75) is 0 Å². The van der Waals surface area contributed by atoms with Crippen LogP contribution in [0.15, 0.2) is 29.2 Å². The second-order valence-electron chi connectivity index (χ2n) is 2.48. The smallest absolute Gasteiger partial charge is 0.267 e. The van der Waals surface area contributed by atoms with Crippen LogP contribution in [0.4, 0.5) is 0 Å². The highest BCUT2D eigenvalue weighted by atomic mass is 16.3. The largest absolute Gasteiger partial charge is 0.442 e. The number of hydrogen-bond acceptors (Lipinski definition) is 4. The van der Waals surface area contributed by atoms with Gasteiger partial charge in [0.2, 0.25) is 5.78 Å². The van der Waals surface area contributed by atoms with Crippen LogP contribution < -0.4 is 0 Å². The molecule has 1 rings (SSSR count). The highest BCUT2D eigenvalue weighted by Gasteiger charge is 2.04. The van der Waals surface area contributed by atoms with Gasteiger partial charge in [0.15, 0.2) is 0 Å². The first kappa shape index (κ1) is 8.52. The molecule has 0 unspecified atom stereocenters. The van der Waals surface area contributed by atoms with Gasteiger partial charge in [-0.1, -0.05) is 0 Å². The van der Waals surface area contributed by atoms with Gasteiger partial charge in [0.05, 0.1) is 6.20 Å². The Morgan fingerprint density at radius 1 is 1.67 bits per heavy atom. The summed E-state index contributed by atoms with van der Waals surface area (Å²) in [5, 5.41) is 0. The van der Waals surface area contributed by atoms with Crippen LogP contribution in [0.5, 0.6) is 0 Å². The van der Waals surface area contributed by atoms with Gasteiger partial charge in [0.25, 0.3) is 5.89 Å². The average Bonchev–Trinajstić information content (AvgIpc) is 2.51. The molecule has 0 radical (unpaired) electrons. The van der Waals surface area contributed by atoms with E-state index in [0.717, 1.165) is 0 Å². The van der Waals surface area contributed by atoms with Crippen molar-refractivity contribution in [3.63, 3.8) is 0 Å². The quantitative estimate of drug-likeness (QED) is 0.495. The highest BCUT2D eigenvalue weighted by molar-refractivity contribution is 6.00. The van der Waals surface area contributed by atoms with Crippen molar-refractivity contribution in [2.24, 2.45) is 0 Å². The van der Waals surface area contributed by atoms with E-state index in [1.54, 1.807) is 11.1 Å². The van der Waals surface area contributed by atoms with Gasteiger partial charge in [0, 0.05) is 26.4 Å². The van der Waals surface area contributed by atoms with Gasteiger partial charge >= 0.3 is 0 Å². The van der Waals surface area contributed by atoms with Gasteiger partial charge in [-0.15, -0.1) is 0 Å². The minimum atomic E-state index is -0.228. The Morgan fingerprint density at radius 3 is 2.92 bits per heavy atom. The molecule has 0 atom stereocenters. The van der Waals surface area contributed by atoms with Crippen molar-refractivity contribution >= 4 is 5.78 Å². The first-order valence-corrected chi connectivity index (χ1v) is 3.48. The van der Waals surface area contributed by atoms with E-state index in [9.17, 15) is 4.79 Å². The van der Waals surface area contributed by atoms with Crippen LogP contribution in [-0.2, 0) is 0 Å². The van der Waals surface area contributed by atoms with Crippen LogP contribution in [0.25, 0.3) is 0 Å². The number of aromatic nitrogens is 1. The molecule has 0 aliphatic carbocycles. The van der Waals surface area contributed by atoms with E-state index in [1.165, 1.54) is 18.5 Å². The predicted molar refractivity (Wildman–Crippen MR) is 43.7 cm³/mol. The lowest BCUT2D eigenvalue weighted by Crippen LogP contribution is -2.03. The summed E-state index contributed by atoms with van der Waals surface area (Å²) in [6.45, 7) is 0. The van der Waals surface area contributed by atoms with E-state index in [0.29, 0.717) is 0 Å². The Hall–Kier alpha value is -1.58. The summed E-state index contributed by atoms with van der Waals surface area (Å²) >= 11 is 0. The molecule has 4 heteroatoms. The molecule has 1 aromatic rings. The molecule has 0 saturated heterocycles. The second kappa shape index (κ2) is 3.71. The minimum Gasteiger partial charge on any atom is -0.442 e. The number of oxazole rings is 1. The Bertz CT molecular complexity index is 275. The maximum absolute atomic E-state index is 11.1. The van der Waals surface area contributed by atoms with Gasteiger partial charge in [-0.2, -0.15) is 0 Å². The molecule has 12 heavy (non-hydrogen) atoms. The molecule has 0 aliphatic heterocycles. The van der Waals surface area contributed by atoms with E-state index in [1.807, 2.05) is 14.1 Å². The third-order valence-electron chi connectivity index (χ3n) is 1.17. The molecule has 0 aliphatic rings. The van der Waals surface area contributed by atoms with Gasteiger partial charge in [-0.25, -0.2) is 4.98 Å². The molecule has 4 nitrogen and oxygen atoms in total. The summed E-state index contributed by atoms with van der Waals surface area (Å²) in [5.41, 5.74) is 0. The standard InChI is InChI=1S/C8H10N2O2/c1-10(2)5-3-7(11)8-9-4-6-12-8/h3-6H,1-2H3. The Kier molecular flexibility index (Phi) is 2.63. The molecular weight excluding hydrogens is 156 g/mol. The lowest BCUT2D eigenvalue weighted by atomic mass is 10.4. The number of ketones is 1. The highest BCUT2D eigenvalue weighted by Crippen LogP contribution is 1.96. The molecule has 0 N–H and O–H groups in total. The van der Waals surface area contributed by atoms with Crippen LogP contribution in [0, 0.1) is 0 Å². The molecule has 0 spiro atoms. The van der Waals surface area contributed by atoms with E-state index < -0.39 is 0 Å². The Labute approximate surface area is 70.5 Å². The van der Waals surface area contributed by atoms with Crippen molar-refractivity contribution in [3.8, 4) is 0 Å². The molecule has 0 aromatic carbocycles. The van der Waals surface area contributed by atoms with E-state index in [-0.39, 0.29) is 11.7 Å². The fraction of sp³-hybridized carbons (Fsp3) is 0.250. The number of nitrogens with zero attached hydrogens (tertiary/aromatic N) is 2. The zero-order chi connectivity index (χ0) is 8.97. The van der Waals surface area contributed by atoms with E-state index >= 15 is 0 Å². The maximum atomic E-state index is 11.1. The van der Waals surface area contributed by atoms with Crippen LogP contribution in [0.2, 0.25) is 0 Å². The maximum Gasteiger partial charge on any atom is 0.267 e. The van der Waals surface area contributed by atoms with E-state index in [4.69, 9.17) is 4.42 Å². The molecule has 64 valence electrons. The molecule has 1 heterocycles. The van der Waals surface area contributed by atoms with Crippen molar-refractivity contribution in [2.75, 3.05) is 14.1 Å². The molecule has 0 amide bonds. The Morgan fingerprint density at radius 2 is 2.42 bits per heavy atom. The van der Waals surface area contributed by atoms with Gasteiger partial charge in [-0.3, -0.25) is 4.79 Å². The fourth-order valence-electron chi connectivity index (χ4n) is 0.633. The average molecular weight is 166 g/mol. The summed E-state index contributed by atoms with van der Waals surface area (Å²) in [5.74, 6) is -0.109. The third kappa shape index (κ3) is 2.23. The molecule has 0 fully saturated rings. The number of hydrogen-bond donors (Lipinski definition) is 0. The fourth-order valence-corrected chi connectivity index (χ4v) is 0.633. The van der Waals surface area contributed by atoms with E-state index in [2.05, 4.69) is 4.98 Å². The van der Waals surface area contributed by atoms with Crippen LogP contribution >= 0.6 is 0 Å². The summed E-state index contributed by atoms with van der Waals surface area (Å²) in [7, 11) is 3.67. The summed E-state index contributed by atoms with van der Waals surface area (Å²) in [6.07, 6.45) is 5.87. The normalized spacial score (nSPS) is 10.5. The molecule has 0 saturated carbocycles. The number of allylic oxidation sites excluding steroid dienone is 1. The second-order valence-corrected chi connectivity index (χ2v) is 2.48. The first-order valence-electron chi connectivity index (χ1n) is 3.48. The van der Waals surface area contributed by atoms with Gasteiger partial charge in [-0.05, 0) is 0 Å². The third-order valence-corrected chi connectivity index (χ3v) is 1.17. The Balaban J connectivity index is 2.62. The summed E-state index contributed by atoms with van der Waals surface area (Å²) in [4.78, 5) is 16.6. The zero-order valence-electron chi connectivity index (χ0n) is 7.02. The molecule has 0 bridgehead atoms. The molecular formula is C8H10N2O2. The topological polar surface area (TPSA) is 46.3 Å². The number of rotatable bonds is 3. The van der Waals surface area contributed by atoms with Crippen molar-refractivity contribution in [3.05, 3.63) is 30.6 Å².